The van der Waals surface area contributed by atoms with Gasteiger partial charge in [0.25, 0.3) is 5.91 Å². The summed E-state index contributed by atoms with van der Waals surface area (Å²) in [4.78, 5) is 39.0. The number of aromatic hydroxyl groups is 1. The topological polar surface area (TPSA) is 135 Å². The van der Waals surface area contributed by atoms with Gasteiger partial charge in [-0.1, -0.05) is 15.9 Å². The number of hydrogen-bond donors (Lipinski definition) is 3. The molecule has 0 radical (unpaired) electrons. The Morgan fingerprint density at radius 1 is 1.42 bits per heavy atom. The second-order valence-corrected chi connectivity index (χ2v) is 7.93. The number of fused-ring (bicyclic) bond motifs is 1. The number of nitrogens with zero attached hydrogens (tertiary/aromatic N) is 2. The molecule has 3 rings (SSSR count). The zero-order valence-electron chi connectivity index (χ0n) is 12.8. The molecule has 1 atom stereocenters. The summed E-state index contributed by atoms with van der Waals surface area (Å²) in [7, 11) is 0. The van der Waals surface area contributed by atoms with Crippen LogP contribution in [0.1, 0.15) is 17.3 Å². The summed E-state index contributed by atoms with van der Waals surface area (Å²) in [5.41, 5.74) is 5.21. The highest BCUT2D eigenvalue weighted by molar-refractivity contribution is 9.10. The number of carbonyl (C=O) groups is 3. The van der Waals surface area contributed by atoms with Crippen molar-refractivity contribution in [2.75, 3.05) is 0 Å². The number of carboxylic acid groups (broad SMARTS) is 1. The van der Waals surface area contributed by atoms with Crippen LogP contribution in [0.3, 0.4) is 0 Å². The Kier molecular flexibility index (Phi) is 4.78. The fourth-order valence-electron chi connectivity index (χ4n) is 2.60. The number of hydrogen-bond acceptors (Lipinski definition) is 6. The van der Waals surface area contributed by atoms with Crippen molar-refractivity contribution in [2.24, 2.45) is 10.7 Å². The van der Waals surface area contributed by atoms with Crippen LogP contribution in [0.25, 0.3) is 5.57 Å². The predicted octanol–water partition coefficient (Wildman–Crippen LogP) is 0.607. The van der Waals surface area contributed by atoms with E-state index in [1.165, 1.54) is 0 Å². The third-order valence-corrected chi connectivity index (χ3v) is 5.60. The number of primary amides is 1. The standard InChI is InChI=1S/C15H10BrN3O5S2/c16-5-1-2-7-6(3-5)10(12(21)18-7)11-13(22)19(15(25)26-11)8(14(23)24)4-9(17)20/h1-3,8,22H,4H2,(H2,17,20)(H,23,24). The van der Waals surface area contributed by atoms with Crippen molar-refractivity contribution in [3.05, 3.63) is 42.1 Å². The van der Waals surface area contributed by atoms with Crippen molar-refractivity contribution < 1.29 is 24.6 Å². The highest BCUT2D eigenvalue weighted by atomic mass is 79.9. The first-order valence-electron chi connectivity index (χ1n) is 7.09. The lowest BCUT2D eigenvalue weighted by Crippen LogP contribution is -2.25. The maximum atomic E-state index is 12.3. The molecule has 4 N–H and O–H groups in total. The zero-order valence-corrected chi connectivity index (χ0v) is 16.0. The molecule has 1 aromatic carbocycles. The van der Waals surface area contributed by atoms with Gasteiger partial charge < -0.3 is 15.9 Å². The van der Waals surface area contributed by atoms with Gasteiger partial charge in [0, 0.05) is 9.69 Å². The number of thiazole rings is 1. The van der Waals surface area contributed by atoms with Crippen LogP contribution in [0, 0.1) is 3.95 Å². The minimum atomic E-state index is -1.47. The van der Waals surface area contributed by atoms with Crippen LogP contribution in [-0.2, 0) is 14.4 Å². The van der Waals surface area contributed by atoms with Gasteiger partial charge in [-0.15, -0.1) is 11.3 Å². The second kappa shape index (κ2) is 6.74. The van der Waals surface area contributed by atoms with E-state index in [1.807, 2.05) is 0 Å². The van der Waals surface area contributed by atoms with E-state index >= 15 is 0 Å². The number of benzene rings is 1. The quantitative estimate of drug-likeness (QED) is 0.565. The van der Waals surface area contributed by atoms with Gasteiger partial charge in [-0.3, -0.25) is 14.2 Å². The zero-order chi connectivity index (χ0) is 19.2. The van der Waals surface area contributed by atoms with Gasteiger partial charge in [0.1, 0.15) is 10.9 Å². The summed E-state index contributed by atoms with van der Waals surface area (Å²) in [6.07, 6.45) is -0.552. The first kappa shape index (κ1) is 18.4. The highest BCUT2D eigenvalue weighted by Gasteiger charge is 2.31. The van der Waals surface area contributed by atoms with Crippen LogP contribution in [0.15, 0.2) is 27.7 Å². The lowest BCUT2D eigenvalue weighted by molar-refractivity contribution is -0.143. The van der Waals surface area contributed by atoms with Crippen LogP contribution < -0.4 is 16.3 Å². The van der Waals surface area contributed by atoms with Crippen LogP contribution in [0.5, 0.6) is 5.88 Å². The molecule has 1 aromatic heterocycles. The molecule has 1 aliphatic heterocycles. The lowest BCUT2D eigenvalue weighted by atomic mass is 10.1. The Hall–Kier alpha value is -2.37. The van der Waals surface area contributed by atoms with Gasteiger partial charge in [0.2, 0.25) is 11.8 Å². The molecule has 26 heavy (non-hydrogen) atoms. The molecule has 0 saturated heterocycles. The van der Waals surface area contributed by atoms with E-state index in [0.29, 0.717) is 15.0 Å². The summed E-state index contributed by atoms with van der Waals surface area (Å²) in [5.74, 6) is -3.32. The largest absolute Gasteiger partial charge is 0.493 e. The molecular formula is C15H10BrN3O5S2. The average molecular weight is 456 g/mol. The number of amides is 2. The van der Waals surface area contributed by atoms with E-state index in [9.17, 15) is 24.6 Å². The Morgan fingerprint density at radius 2 is 2.12 bits per heavy atom. The fraction of sp³-hybridized carbons (Fsp3) is 0.133. The molecule has 134 valence electrons. The Morgan fingerprint density at radius 3 is 2.73 bits per heavy atom. The van der Waals surface area contributed by atoms with Crippen molar-refractivity contribution in [3.8, 4) is 5.88 Å². The molecule has 2 aromatic rings. The third kappa shape index (κ3) is 3.08. The molecule has 2 amide bonds. The first-order valence-corrected chi connectivity index (χ1v) is 9.11. The number of aromatic nitrogens is 1. The summed E-state index contributed by atoms with van der Waals surface area (Å²) >= 11 is 9.32. The molecule has 11 heteroatoms. The van der Waals surface area contributed by atoms with Crippen LogP contribution in [0.2, 0.25) is 0 Å². The van der Waals surface area contributed by atoms with E-state index < -0.39 is 36.1 Å². The maximum Gasteiger partial charge on any atom is 0.327 e. The normalized spacial score (nSPS) is 14.0. The molecule has 0 saturated carbocycles. The highest BCUT2D eigenvalue weighted by Crippen LogP contribution is 2.35. The Labute approximate surface area is 163 Å². The number of halogens is 1. The van der Waals surface area contributed by atoms with Crippen molar-refractivity contribution >= 4 is 62.8 Å². The maximum absolute atomic E-state index is 12.3. The molecule has 0 spiro atoms. The summed E-state index contributed by atoms with van der Waals surface area (Å²) in [6.45, 7) is 0. The number of carboxylic acids is 1. The SMILES string of the molecule is NC(=O)CC(C(=O)O)n1c(O)c(C2=c3cc(Br)ccc3=NC2=O)sc1=S. The minimum Gasteiger partial charge on any atom is -0.493 e. The van der Waals surface area contributed by atoms with Gasteiger partial charge in [-0.25, -0.2) is 9.79 Å². The monoisotopic (exact) mass is 455 g/mol. The number of aliphatic carboxylic acids is 1. The molecule has 1 unspecified atom stereocenters. The molecule has 0 bridgehead atoms. The van der Waals surface area contributed by atoms with E-state index in [4.69, 9.17) is 18.0 Å². The van der Waals surface area contributed by atoms with Crippen molar-refractivity contribution in [1.82, 2.24) is 4.57 Å². The molecule has 0 aliphatic carbocycles. The molecular weight excluding hydrogens is 446 g/mol. The van der Waals surface area contributed by atoms with Crippen LogP contribution in [0.4, 0.5) is 0 Å². The summed E-state index contributed by atoms with van der Waals surface area (Å²) < 4.78 is 1.62. The molecule has 0 fully saturated rings. The Balaban J connectivity index is 2.27. The number of nitrogens with two attached hydrogens (primary N) is 1. The van der Waals surface area contributed by atoms with Gasteiger partial charge in [-0.2, -0.15) is 0 Å². The summed E-state index contributed by atoms with van der Waals surface area (Å²) in [5, 5.41) is 20.9. The molecule has 1 aliphatic rings. The molecule has 8 nitrogen and oxygen atoms in total. The second-order valence-electron chi connectivity index (χ2n) is 5.37. The van der Waals surface area contributed by atoms with Crippen molar-refractivity contribution in [3.63, 3.8) is 0 Å². The summed E-state index contributed by atoms with van der Waals surface area (Å²) in [6, 6.07) is 3.56. The van der Waals surface area contributed by atoms with Crippen LogP contribution in [-0.4, -0.2) is 32.6 Å². The number of rotatable bonds is 5. The van der Waals surface area contributed by atoms with Crippen molar-refractivity contribution in [2.45, 2.75) is 12.5 Å². The van der Waals surface area contributed by atoms with Gasteiger partial charge in [-0.05, 0) is 30.4 Å². The van der Waals surface area contributed by atoms with E-state index in [0.717, 1.165) is 15.9 Å². The average Bonchev–Trinajstić information content (AvgIpc) is 3.00. The smallest absolute Gasteiger partial charge is 0.327 e. The Bertz CT molecular complexity index is 1150. The molecule has 2 heterocycles. The predicted molar refractivity (Wildman–Crippen MR) is 97.7 cm³/mol. The third-order valence-electron chi connectivity index (χ3n) is 3.70. The van der Waals surface area contributed by atoms with Gasteiger partial charge >= 0.3 is 5.97 Å². The first-order chi connectivity index (χ1) is 12.2. The minimum absolute atomic E-state index is 0.00473. The van der Waals surface area contributed by atoms with Gasteiger partial charge in [0.15, 0.2) is 3.95 Å². The fourth-order valence-corrected chi connectivity index (χ4v) is 4.40. The van der Waals surface area contributed by atoms with E-state index in [1.54, 1.807) is 18.2 Å². The van der Waals surface area contributed by atoms with E-state index in [2.05, 4.69) is 20.9 Å². The lowest BCUT2D eigenvalue weighted by Gasteiger charge is -2.13. The van der Waals surface area contributed by atoms with Gasteiger partial charge in [0.05, 0.1) is 17.4 Å². The van der Waals surface area contributed by atoms with Crippen LogP contribution >= 0.6 is 39.5 Å². The number of carbonyl (C=O) groups excluding carboxylic acids is 2. The van der Waals surface area contributed by atoms with Crippen molar-refractivity contribution in [1.29, 1.82) is 0 Å². The van der Waals surface area contributed by atoms with E-state index in [-0.39, 0.29) is 14.4 Å².